The van der Waals surface area contributed by atoms with Gasteiger partial charge >= 0.3 is 0 Å². The van der Waals surface area contributed by atoms with E-state index >= 15 is 0 Å². The monoisotopic (exact) mass is 482 g/mol. The molecule has 0 heterocycles. The zero-order valence-corrected chi connectivity index (χ0v) is 20.1. The van der Waals surface area contributed by atoms with Crippen molar-refractivity contribution in [3.8, 4) is 22.6 Å². The maximum absolute atomic E-state index is 9.13. The lowest BCUT2D eigenvalue weighted by molar-refractivity contribution is 0.0705. The summed E-state index contributed by atoms with van der Waals surface area (Å²) in [6, 6.07) is 33.7. The number of rotatable bonds is 11. The van der Waals surface area contributed by atoms with Crippen LogP contribution >= 0.6 is 0 Å². The first-order valence-electron chi connectivity index (χ1n) is 12.2. The highest BCUT2D eigenvalue weighted by molar-refractivity contribution is 5.86. The molecule has 4 aromatic carbocycles. The fourth-order valence-corrected chi connectivity index (χ4v) is 5.17. The summed E-state index contributed by atoms with van der Waals surface area (Å²) in [5.41, 5.74) is 6.73. The van der Waals surface area contributed by atoms with Crippen molar-refractivity contribution in [1.29, 1.82) is 0 Å². The van der Waals surface area contributed by atoms with E-state index in [1.165, 1.54) is 22.3 Å². The fourth-order valence-electron chi connectivity index (χ4n) is 5.17. The molecule has 0 bridgehead atoms. The fraction of sp³-hybridized carbons (Fsp3) is 0.226. The van der Waals surface area contributed by atoms with Crippen LogP contribution in [-0.4, -0.2) is 49.9 Å². The van der Waals surface area contributed by atoms with Gasteiger partial charge < -0.3 is 24.4 Å². The lowest BCUT2D eigenvalue weighted by Crippen LogP contribution is -2.28. The molecule has 0 atom stereocenters. The number of fused-ring (bicyclic) bond motifs is 3. The molecule has 0 saturated heterocycles. The van der Waals surface area contributed by atoms with Crippen molar-refractivity contribution in [2.75, 3.05) is 39.6 Å². The van der Waals surface area contributed by atoms with Crippen LogP contribution in [0.25, 0.3) is 11.1 Å². The molecular formula is C31H30O5. The number of aliphatic hydroxyl groups is 2. The molecule has 0 unspecified atom stereocenters. The number of benzene rings is 4. The zero-order valence-electron chi connectivity index (χ0n) is 20.1. The third-order valence-electron chi connectivity index (χ3n) is 6.62. The average Bonchev–Trinajstić information content (AvgIpc) is 3.24. The Morgan fingerprint density at radius 1 is 0.500 bits per heavy atom. The van der Waals surface area contributed by atoms with Crippen molar-refractivity contribution in [2.24, 2.45) is 0 Å². The number of ether oxygens (including phenoxy) is 3. The van der Waals surface area contributed by atoms with Gasteiger partial charge in [-0.05, 0) is 57.6 Å². The topological polar surface area (TPSA) is 68.2 Å². The Labute approximate surface area is 211 Å². The van der Waals surface area contributed by atoms with Gasteiger partial charge in [-0.3, -0.25) is 0 Å². The SMILES string of the molecule is OCCOCCOc1ccc(C2(c3ccc(OCCO)cc3)c3ccccc3-c3ccccc32)cc1. The minimum absolute atomic E-state index is 0.00820. The van der Waals surface area contributed by atoms with Crippen LogP contribution in [0.4, 0.5) is 0 Å². The first-order valence-corrected chi connectivity index (χ1v) is 12.2. The summed E-state index contributed by atoms with van der Waals surface area (Å²) in [4.78, 5) is 0. The molecule has 5 heteroatoms. The van der Waals surface area contributed by atoms with Gasteiger partial charge in [-0.15, -0.1) is 0 Å². The predicted octanol–water partition coefficient (Wildman–Crippen LogP) is 4.81. The highest BCUT2D eigenvalue weighted by Crippen LogP contribution is 2.56. The van der Waals surface area contributed by atoms with Gasteiger partial charge in [0.2, 0.25) is 0 Å². The molecule has 0 aromatic heterocycles. The van der Waals surface area contributed by atoms with E-state index in [1.54, 1.807) is 0 Å². The van der Waals surface area contributed by atoms with Crippen molar-refractivity contribution in [3.63, 3.8) is 0 Å². The lowest BCUT2D eigenvalue weighted by atomic mass is 9.68. The molecule has 4 aromatic rings. The van der Waals surface area contributed by atoms with Gasteiger partial charge in [0.05, 0.1) is 31.8 Å². The second-order valence-corrected chi connectivity index (χ2v) is 8.65. The molecule has 5 nitrogen and oxygen atoms in total. The maximum Gasteiger partial charge on any atom is 0.119 e. The van der Waals surface area contributed by atoms with E-state index in [4.69, 9.17) is 24.4 Å². The molecule has 0 amide bonds. The van der Waals surface area contributed by atoms with Crippen molar-refractivity contribution in [3.05, 3.63) is 119 Å². The average molecular weight is 483 g/mol. The minimum Gasteiger partial charge on any atom is -0.491 e. The molecule has 1 aliphatic rings. The molecule has 0 spiro atoms. The zero-order chi connectivity index (χ0) is 24.8. The molecule has 0 aliphatic heterocycles. The number of aliphatic hydroxyl groups excluding tert-OH is 2. The van der Waals surface area contributed by atoms with Crippen molar-refractivity contribution in [1.82, 2.24) is 0 Å². The largest absolute Gasteiger partial charge is 0.491 e. The Hall–Kier alpha value is -3.64. The normalized spacial score (nSPS) is 13.2. The summed E-state index contributed by atoms with van der Waals surface area (Å²) in [5.74, 6) is 1.50. The molecule has 0 radical (unpaired) electrons. The second-order valence-electron chi connectivity index (χ2n) is 8.65. The smallest absolute Gasteiger partial charge is 0.119 e. The van der Waals surface area contributed by atoms with Crippen LogP contribution in [0.1, 0.15) is 22.3 Å². The van der Waals surface area contributed by atoms with E-state index in [0.717, 1.165) is 22.6 Å². The van der Waals surface area contributed by atoms with Gasteiger partial charge in [-0.1, -0.05) is 72.8 Å². The minimum atomic E-state index is -0.495. The van der Waals surface area contributed by atoms with E-state index in [0.29, 0.717) is 19.8 Å². The van der Waals surface area contributed by atoms with Crippen LogP contribution in [0, 0.1) is 0 Å². The Balaban J connectivity index is 1.58. The third-order valence-corrected chi connectivity index (χ3v) is 6.62. The summed E-state index contributed by atoms with van der Waals surface area (Å²) < 4.78 is 16.8. The Kier molecular flexibility index (Phi) is 7.33. The van der Waals surface area contributed by atoms with E-state index < -0.39 is 5.41 Å². The highest BCUT2D eigenvalue weighted by Gasteiger charge is 2.45. The highest BCUT2D eigenvalue weighted by atomic mass is 16.5. The molecule has 36 heavy (non-hydrogen) atoms. The Morgan fingerprint density at radius 3 is 1.47 bits per heavy atom. The van der Waals surface area contributed by atoms with E-state index in [-0.39, 0.29) is 19.8 Å². The lowest BCUT2D eigenvalue weighted by Gasteiger charge is -2.34. The summed E-state index contributed by atoms with van der Waals surface area (Å²) in [7, 11) is 0. The van der Waals surface area contributed by atoms with Gasteiger partial charge in [0.1, 0.15) is 24.7 Å². The van der Waals surface area contributed by atoms with Gasteiger partial charge in [0, 0.05) is 0 Å². The molecule has 184 valence electrons. The Morgan fingerprint density at radius 2 is 0.972 bits per heavy atom. The number of hydrogen-bond donors (Lipinski definition) is 2. The molecule has 0 fully saturated rings. The molecule has 0 saturated carbocycles. The van der Waals surface area contributed by atoms with Crippen molar-refractivity contribution in [2.45, 2.75) is 5.41 Å². The van der Waals surface area contributed by atoms with Crippen molar-refractivity contribution < 1.29 is 24.4 Å². The first-order chi connectivity index (χ1) is 17.8. The standard InChI is InChI=1S/C31H30O5/c32-17-19-34-21-22-36-26-15-11-24(12-16-26)31(23-9-13-25(14-10-23)35-20-18-33)29-7-3-1-5-27(29)28-6-2-4-8-30(28)31/h1-16,32-33H,17-22H2. The summed E-state index contributed by atoms with van der Waals surface area (Å²) >= 11 is 0. The van der Waals surface area contributed by atoms with Gasteiger partial charge in [0.25, 0.3) is 0 Å². The van der Waals surface area contributed by atoms with E-state index in [2.05, 4.69) is 72.8 Å². The van der Waals surface area contributed by atoms with Gasteiger partial charge in [0.15, 0.2) is 0 Å². The van der Waals surface area contributed by atoms with Gasteiger partial charge in [-0.2, -0.15) is 0 Å². The summed E-state index contributed by atoms with van der Waals surface area (Å²) in [5, 5.41) is 18.0. The Bertz CT molecular complexity index is 1240. The number of hydrogen-bond acceptors (Lipinski definition) is 5. The van der Waals surface area contributed by atoms with Crippen LogP contribution < -0.4 is 9.47 Å². The molecular weight excluding hydrogens is 452 g/mol. The van der Waals surface area contributed by atoms with Crippen molar-refractivity contribution >= 4 is 0 Å². The first kappa shape index (κ1) is 24.1. The van der Waals surface area contributed by atoms with E-state index in [1.807, 2.05) is 24.3 Å². The molecule has 2 N–H and O–H groups in total. The van der Waals surface area contributed by atoms with E-state index in [9.17, 15) is 0 Å². The van der Waals surface area contributed by atoms with Crippen LogP contribution in [0.3, 0.4) is 0 Å². The summed E-state index contributed by atoms with van der Waals surface area (Å²) in [6.07, 6.45) is 0. The van der Waals surface area contributed by atoms with Crippen LogP contribution in [0.2, 0.25) is 0 Å². The second kappa shape index (κ2) is 11.0. The molecule has 5 rings (SSSR count). The van der Waals surface area contributed by atoms with Crippen LogP contribution in [0.5, 0.6) is 11.5 Å². The molecule has 1 aliphatic carbocycles. The van der Waals surface area contributed by atoms with Crippen LogP contribution in [0.15, 0.2) is 97.1 Å². The maximum atomic E-state index is 9.13. The van der Waals surface area contributed by atoms with Gasteiger partial charge in [-0.25, -0.2) is 0 Å². The predicted molar refractivity (Wildman–Crippen MR) is 140 cm³/mol. The third kappa shape index (κ3) is 4.37. The summed E-state index contributed by atoms with van der Waals surface area (Å²) in [6.45, 7) is 1.42. The quantitative estimate of drug-likeness (QED) is 0.265. The van der Waals surface area contributed by atoms with Crippen LogP contribution in [-0.2, 0) is 10.2 Å².